The normalized spacial score (nSPS) is 17.8. The average molecular weight is 454 g/mol. The summed E-state index contributed by atoms with van der Waals surface area (Å²) in [5.74, 6) is -0.993. The number of rotatable bonds is 7. The molecule has 9 nitrogen and oxygen atoms in total. The van der Waals surface area contributed by atoms with Crippen molar-refractivity contribution in [3.8, 4) is 22.0 Å². The van der Waals surface area contributed by atoms with E-state index in [9.17, 15) is 9.18 Å². The standard InChI is InChI=1S/C21H20FN7O2S/c1-2-31-14-6-13(7-14)29-10-16(19(28-29)15-4-3-5-18(22)25-15)26-20(30)17-11-32-21(27-17)12-8-23-24-9-12/h3-5,8-11,13-14H,2,6-7H2,1H3,(H,23,24)(H,26,30)/t13-,14+. The van der Waals surface area contributed by atoms with Crippen LogP contribution in [0.2, 0.25) is 0 Å². The van der Waals surface area contributed by atoms with E-state index in [1.54, 1.807) is 40.8 Å². The van der Waals surface area contributed by atoms with E-state index < -0.39 is 5.95 Å². The van der Waals surface area contributed by atoms with Gasteiger partial charge in [0.25, 0.3) is 5.91 Å². The van der Waals surface area contributed by atoms with Gasteiger partial charge in [-0.3, -0.25) is 14.6 Å². The highest BCUT2D eigenvalue weighted by atomic mass is 32.1. The molecule has 0 saturated heterocycles. The van der Waals surface area contributed by atoms with Crippen LogP contribution in [0.5, 0.6) is 0 Å². The van der Waals surface area contributed by atoms with Crippen LogP contribution in [0.3, 0.4) is 0 Å². The average Bonchev–Trinajstić information content (AvgIpc) is 3.50. The van der Waals surface area contributed by atoms with Crippen molar-refractivity contribution in [2.75, 3.05) is 11.9 Å². The fourth-order valence-corrected chi connectivity index (χ4v) is 4.37. The van der Waals surface area contributed by atoms with Gasteiger partial charge in [-0.2, -0.15) is 14.6 Å². The first-order chi connectivity index (χ1) is 15.6. The number of pyridine rings is 1. The van der Waals surface area contributed by atoms with Crippen molar-refractivity contribution in [2.45, 2.75) is 31.9 Å². The first-order valence-electron chi connectivity index (χ1n) is 10.2. The largest absolute Gasteiger partial charge is 0.378 e. The molecule has 11 heteroatoms. The minimum Gasteiger partial charge on any atom is -0.378 e. The van der Waals surface area contributed by atoms with Crippen molar-refractivity contribution in [2.24, 2.45) is 0 Å². The third kappa shape index (κ3) is 4.04. The van der Waals surface area contributed by atoms with Gasteiger partial charge >= 0.3 is 0 Å². The fraction of sp³-hybridized carbons (Fsp3) is 0.286. The van der Waals surface area contributed by atoms with Crippen LogP contribution < -0.4 is 5.32 Å². The molecule has 1 saturated carbocycles. The minimum absolute atomic E-state index is 0.150. The molecule has 0 unspecified atom stereocenters. The highest BCUT2D eigenvalue weighted by molar-refractivity contribution is 7.13. The summed E-state index contributed by atoms with van der Waals surface area (Å²) in [6.07, 6.45) is 6.99. The minimum atomic E-state index is -0.612. The Morgan fingerprint density at radius 1 is 1.38 bits per heavy atom. The van der Waals surface area contributed by atoms with E-state index in [0.29, 0.717) is 28.7 Å². The maximum atomic E-state index is 13.8. The quantitative estimate of drug-likeness (QED) is 0.410. The van der Waals surface area contributed by atoms with Crippen molar-refractivity contribution >= 4 is 22.9 Å². The Morgan fingerprint density at radius 2 is 2.25 bits per heavy atom. The van der Waals surface area contributed by atoms with Gasteiger partial charge in [-0.1, -0.05) is 6.07 Å². The number of H-pyrrole nitrogens is 1. The molecule has 1 amide bonds. The van der Waals surface area contributed by atoms with Crippen molar-refractivity contribution in [1.82, 2.24) is 29.9 Å². The molecule has 0 radical (unpaired) electrons. The summed E-state index contributed by atoms with van der Waals surface area (Å²) < 4.78 is 21.2. The van der Waals surface area contributed by atoms with Gasteiger partial charge in [-0.25, -0.2) is 9.97 Å². The summed E-state index contributed by atoms with van der Waals surface area (Å²) in [4.78, 5) is 21.2. The Hall–Kier alpha value is -3.44. The summed E-state index contributed by atoms with van der Waals surface area (Å²) in [6.45, 7) is 2.64. The molecule has 4 aromatic heterocycles. The number of aromatic amines is 1. The van der Waals surface area contributed by atoms with Gasteiger partial charge < -0.3 is 10.1 Å². The van der Waals surface area contributed by atoms with Gasteiger partial charge in [0.1, 0.15) is 16.4 Å². The second-order valence-electron chi connectivity index (χ2n) is 7.40. The van der Waals surface area contributed by atoms with E-state index >= 15 is 0 Å². The monoisotopic (exact) mass is 453 g/mol. The number of ether oxygens (including phenoxy) is 1. The second-order valence-corrected chi connectivity index (χ2v) is 8.26. The van der Waals surface area contributed by atoms with E-state index in [2.05, 4.69) is 30.6 Å². The van der Waals surface area contributed by atoms with Crippen LogP contribution in [0.25, 0.3) is 22.0 Å². The Bertz CT molecular complexity index is 1230. The molecule has 1 aliphatic carbocycles. The van der Waals surface area contributed by atoms with Gasteiger partial charge in [0, 0.05) is 29.9 Å². The predicted octanol–water partition coefficient (Wildman–Crippen LogP) is 3.92. The van der Waals surface area contributed by atoms with Crippen LogP contribution in [0.1, 0.15) is 36.3 Å². The molecule has 0 atom stereocenters. The lowest BCUT2D eigenvalue weighted by Gasteiger charge is -2.34. The fourth-order valence-electron chi connectivity index (χ4n) is 3.59. The van der Waals surface area contributed by atoms with Crippen LogP contribution in [-0.4, -0.2) is 48.6 Å². The number of thiazole rings is 1. The Kier molecular flexibility index (Phi) is 5.50. The molecule has 0 bridgehead atoms. The number of anilines is 1. The zero-order valence-electron chi connectivity index (χ0n) is 17.2. The molecule has 1 fully saturated rings. The van der Waals surface area contributed by atoms with Crippen LogP contribution in [-0.2, 0) is 4.74 Å². The van der Waals surface area contributed by atoms with Crippen LogP contribution in [0.15, 0.2) is 42.2 Å². The van der Waals surface area contributed by atoms with Crippen LogP contribution in [0, 0.1) is 5.95 Å². The molecular weight excluding hydrogens is 433 g/mol. The number of amides is 1. The Labute approximate surface area is 186 Å². The summed E-state index contributed by atoms with van der Waals surface area (Å²) in [5.41, 5.74) is 2.28. The number of nitrogens with one attached hydrogen (secondary N) is 2. The smallest absolute Gasteiger partial charge is 0.275 e. The van der Waals surface area contributed by atoms with E-state index in [1.807, 2.05) is 6.92 Å². The summed E-state index contributed by atoms with van der Waals surface area (Å²) >= 11 is 1.35. The molecular formula is C21H20FN7O2S. The number of aromatic nitrogens is 6. The highest BCUT2D eigenvalue weighted by Gasteiger charge is 2.32. The molecule has 32 heavy (non-hydrogen) atoms. The predicted molar refractivity (Wildman–Crippen MR) is 117 cm³/mol. The van der Waals surface area contributed by atoms with E-state index in [-0.39, 0.29) is 23.7 Å². The number of hydrogen-bond acceptors (Lipinski definition) is 7. The number of halogens is 1. The summed E-state index contributed by atoms with van der Waals surface area (Å²) in [6, 6.07) is 4.64. The van der Waals surface area contributed by atoms with E-state index in [0.717, 1.165) is 18.4 Å². The number of nitrogens with zero attached hydrogens (tertiary/aromatic N) is 5. The van der Waals surface area contributed by atoms with Gasteiger partial charge in [-0.15, -0.1) is 11.3 Å². The van der Waals surface area contributed by atoms with E-state index in [4.69, 9.17) is 4.74 Å². The van der Waals surface area contributed by atoms with Crippen molar-refractivity contribution in [3.05, 3.63) is 53.8 Å². The van der Waals surface area contributed by atoms with Gasteiger partial charge in [0.2, 0.25) is 5.95 Å². The lowest BCUT2D eigenvalue weighted by atomic mass is 9.89. The number of hydrogen-bond donors (Lipinski definition) is 2. The van der Waals surface area contributed by atoms with Gasteiger partial charge in [0.05, 0.1) is 29.7 Å². The van der Waals surface area contributed by atoms with Crippen molar-refractivity contribution in [1.29, 1.82) is 0 Å². The maximum Gasteiger partial charge on any atom is 0.275 e. The van der Waals surface area contributed by atoms with Gasteiger partial charge in [-0.05, 0) is 31.9 Å². The molecule has 0 aliphatic heterocycles. The second kappa shape index (κ2) is 8.60. The third-order valence-electron chi connectivity index (χ3n) is 5.27. The van der Waals surface area contributed by atoms with Crippen molar-refractivity contribution < 1.29 is 13.9 Å². The molecule has 2 N–H and O–H groups in total. The van der Waals surface area contributed by atoms with Crippen LogP contribution in [0.4, 0.5) is 10.1 Å². The first kappa shape index (κ1) is 20.5. The lowest BCUT2D eigenvalue weighted by molar-refractivity contribution is -0.0226. The van der Waals surface area contributed by atoms with E-state index in [1.165, 1.54) is 17.4 Å². The van der Waals surface area contributed by atoms with Crippen molar-refractivity contribution in [3.63, 3.8) is 0 Å². The first-order valence-corrected chi connectivity index (χ1v) is 11.1. The highest BCUT2D eigenvalue weighted by Crippen LogP contribution is 2.37. The molecule has 164 valence electrons. The van der Waals surface area contributed by atoms with Crippen LogP contribution >= 0.6 is 11.3 Å². The Morgan fingerprint density at radius 3 is 3.00 bits per heavy atom. The lowest BCUT2D eigenvalue weighted by Crippen LogP contribution is -2.33. The molecule has 0 spiro atoms. The molecule has 4 aromatic rings. The number of carbonyl (C=O) groups excluding carboxylic acids is 1. The summed E-state index contributed by atoms with van der Waals surface area (Å²) in [7, 11) is 0. The summed E-state index contributed by atoms with van der Waals surface area (Å²) in [5, 5.41) is 16.5. The topological polar surface area (TPSA) is 111 Å². The SMILES string of the molecule is CCO[C@H]1C[C@@H](n2cc(NC(=O)c3csc(-c4cn[nH]c4)n3)c(-c3cccc(F)n3)n2)C1. The zero-order chi connectivity index (χ0) is 22.1. The Balaban J connectivity index is 1.41. The number of carbonyl (C=O) groups is 1. The zero-order valence-corrected chi connectivity index (χ0v) is 18.0. The molecule has 5 rings (SSSR count). The maximum absolute atomic E-state index is 13.8. The molecule has 4 heterocycles. The molecule has 1 aliphatic rings. The third-order valence-corrected chi connectivity index (χ3v) is 6.16. The molecule has 0 aromatic carbocycles. The van der Waals surface area contributed by atoms with Gasteiger partial charge in [0.15, 0.2) is 0 Å².